The van der Waals surface area contributed by atoms with Gasteiger partial charge < -0.3 is 14.2 Å². The van der Waals surface area contributed by atoms with Crippen molar-refractivity contribution in [2.24, 2.45) is 0 Å². The average molecular weight is 476 g/mol. The third-order valence-corrected chi connectivity index (χ3v) is 4.95. The van der Waals surface area contributed by atoms with Gasteiger partial charge in [0.1, 0.15) is 29.6 Å². The van der Waals surface area contributed by atoms with Gasteiger partial charge in [-0.15, -0.1) is 10.2 Å². The first kappa shape index (κ1) is 23.6. The van der Waals surface area contributed by atoms with Gasteiger partial charge in [0.25, 0.3) is 0 Å². The summed E-state index contributed by atoms with van der Waals surface area (Å²) >= 11 is 0. The van der Waals surface area contributed by atoms with Crippen molar-refractivity contribution < 1.29 is 28.2 Å². The summed E-state index contributed by atoms with van der Waals surface area (Å²) < 4.78 is 29.0. The van der Waals surface area contributed by atoms with Gasteiger partial charge in [0.2, 0.25) is 5.82 Å². The molecular weight excluding hydrogens is 455 g/mol. The smallest absolute Gasteiger partial charge is 0.337 e. The first-order chi connectivity index (χ1) is 16.9. The largest absolute Gasteiger partial charge is 0.483 e. The highest BCUT2D eigenvalue weighted by atomic mass is 19.1. The number of rotatable bonds is 9. The number of tetrazole rings is 1. The first-order valence-electron chi connectivity index (χ1n) is 10.6. The molecule has 0 fully saturated rings. The topological polar surface area (TPSA) is 105 Å². The molecule has 10 heteroatoms. The van der Waals surface area contributed by atoms with Gasteiger partial charge in [-0.1, -0.05) is 12.1 Å². The first-order valence-corrected chi connectivity index (χ1v) is 10.6. The molecular formula is C25H21FN4O5. The number of hydrogen-bond acceptors (Lipinski definition) is 8. The summed E-state index contributed by atoms with van der Waals surface area (Å²) in [5.41, 5.74) is 1.04. The minimum Gasteiger partial charge on any atom is -0.483 e. The molecule has 0 radical (unpaired) electrons. The fraction of sp³-hybridized carbons (Fsp3) is 0.160. The van der Waals surface area contributed by atoms with Crippen LogP contribution in [0.2, 0.25) is 0 Å². The van der Waals surface area contributed by atoms with E-state index in [2.05, 4.69) is 20.1 Å². The standard InChI is InChI=1S/C25H21FN4O5/c1-16(34-20-11-13-22(14-12-20)35-21-9-7-19(26)8-10-21)23(31)15-30-28-24(27-29-30)17-3-5-18(6-4-17)25(32)33-2/h3-14,16H,15H2,1-2H3. The molecule has 1 aromatic heterocycles. The minimum absolute atomic E-state index is 0.125. The van der Waals surface area contributed by atoms with E-state index in [1.807, 2.05) is 0 Å². The van der Waals surface area contributed by atoms with Crippen LogP contribution in [0.3, 0.4) is 0 Å². The van der Waals surface area contributed by atoms with Crippen LogP contribution in [-0.2, 0) is 16.1 Å². The Kier molecular flexibility index (Phi) is 7.10. The van der Waals surface area contributed by atoms with E-state index in [9.17, 15) is 14.0 Å². The second-order valence-electron chi connectivity index (χ2n) is 7.47. The number of Topliss-reactive ketones (excluding diaryl/α,β-unsaturated/α-hetero) is 1. The zero-order valence-corrected chi connectivity index (χ0v) is 18.9. The molecule has 4 aromatic rings. The number of hydrogen-bond donors (Lipinski definition) is 0. The van der Waals surface area contributed by atoms with Crippen LogP contribution in [0.5, 0.6) is 17.2 Å². The van der Waals surface area contributed by atoms with Crippen molar-refractivity contribution >= 4 is 11.8 Å². The predicted molar refractivity (Wildman–Crippen MR) is 123 cm³/mol. The van der Waals surface area contributed by atoms with Crippen LogP contribution in [0.4, 0.5) is 4.39 Å². The fourth-order valence-corrected chi connectivity index (χ4v) is 3.06. The summed E-state index contributed by atoms with van der Waals surface area (Å²) in [5.74, 6) is 0.815. The molecule has 1 atom stereocenters. The van der Waals surface area contributed by atoms with Crippen molar-refractivity contribution in [1.82, 2.24) is 20.2 Å². The number of carbonyl (C=O) groups is 2. The predicted octanol–water partition coefficient (Wildman–Crippen LogP) is 4.09. The molecule has 9 nitrogen and oxygen atoms in total. The summed E-state index contributed by atoms with van der Waals surface area (Å²) in [4.78, 5) is 25.3. The van der Waals surface area contributed by atoms with E-state index in [0.29, 0.717) is 34.2 Å². The second-order valence-corrected chi connectivity index (χ2v) is 7.47. The summed E-state index contributed by atoms with van der Waals surface area (Å²) in [6.45, 7) is 1.51. The number of aromatic nitrogens is 4. The van der Waals surface area contributed by atoms with Crippen LogP contribution < -0.4 is 9.47 Å². The lowest BCUT2D eigenvalue weighted by atomic mass is 10.1. The Hall–Kier alpha value is -4.60. The van der Waals surface area contributed by atoms with Crippen molar-refractivity contribution in [3.8, 4) is 28.6 Å². The van der Waals surface area contributed by atoms with Crippen LogP contribution in [0.25, 0.3) is 11.4 Å². The second kappa shape index (κ2) is 10.6. The summed E-state index contributed by atoms with van der Waals surface area (Å²) in [6, 6.07) is 18.9. The monoisotopic (exact) mass is 476 g/mol. The quantitative estimate of drug-likeness (QED) is 0.333. The maximum absolute atomic E-state index is 13.0. The molecule has 0 aliphatic carbocycles. The zero-order chi connectivity index (χ0) is 24.8. The Morgan fingerprint density at radius 1 is 0.914 bits per heavy atom. The van der Waals surface area contributed by atoms with E-state index >= 15 is 0 Å². The lowest BCUT2D eigenvalue weighted by molar-refractivity contribution is -0.126. The molecule has 0 aliphatic rings. The Labute approximate surface area is 200 Å². The van der Waals surface area contributed by atoms with Gasteiger partial charge in [0.15, 0.2) is 11.9 Å². The van der Waals surface area contributed by atoms with Gasteiger partial charge in [-0.05, 0) is 72.8 Å². The van der Waals surface area contributed by atoms with Crippen LogP contribution in [0.1, 0.15) is 17.3 Å². The van der Waals surface area contributed by atoms with E-state index in [0.717, 1.165) is 0 Å². The summed E-state index contributed by atoms with van der Waals surface area (Å²) in [7, 11) is 1.31. The molecule has 0 amide bonds. The zero-order valence-electron chi connectivity index (χ0n) is 18.9. The molecule has 0 saturated heterocycles. The van der Waals surface area contributed by atoms with E-state index < -0.39 is 12.1 Å². The SMILES string of the molecule is COC(=O)c1ccc(-c2nnn(CC(=O)C(C)Oc3ccc(Oc4ccc(F)cc4)cc3)n2)cc1. The molecule has 0 bridgehead atoms. The highest BCUT2D eigenvalue weighted by molar-refractivity contribution is 5.89. The lowest BCUT2D eigenvalue weighted by Gasteiger charge is -2.13. The van der Waals surface area contributed by atoms with Gasteiger partial charge in [-0.3, -0.25) is 4.79 Å². The Bertz CT molecular complexity index is 1310. The average Bonchev–Trinajstić information content (AvgIpc) is 3.34. The van der Waals surface area contributed by atoms with E-state index in [1.54, 1.807) is 55.5 Å². The number of ether oxygens (including phenoxy) is 3. The molecule has 1 unspecified atom stereocenters. The minimum atomic E-state index is -0.757. The van der Waals surface area contributed by atoms with Crippen molar-refractivity contribution in [2.45, 2.75) is 19.6 Å². The van der Waals surface area contributed by atoms with Gasteiger partial charge in [-0.25, -0.2) is 9.18 Å². The number of carbonyl (C=O) groups excluding carboxylic acids is 2. The van der Waals surface area contributed by atoms with Crippen LogP contribution >= 0.6 is 0 Å². The number of benzene rings is 3. The van der Waals surface area contributed by atoms with E-state index in [-0.39, 0.29) is 18.1 Å². The third kappa shape index (κ3) is 6.05. The molecule has 0 saturated carbocycles. The Balaban J connectivity index is 1.32. The molecule has 35 heavy (non-hydrogen) atoms. The van der Waals surface area contributed by atoms with Gasteiger partial charge in [0.05, 0.1) is 12.7 Å². The lowest BCUT2D eigenvalue weighted by Crippen LogP contribution is -2.28. The van der Waals surface area contributed by atoms with Gasteiger partial charge in [0, 0.05) is 5.56 Å². The number of methoxy groups -OCH3 is 1. The van der Waals surface area contributed by atoms with Crippen molar-refractivity contribution in [2.75, 3.05) is 7.11 Å². The Morgan fingerprint density at radius 2 is 1.51 bits per heavy atom. The summed E-state index contributed by atoms with van der Waals surface area (Å²) in [6.07, 6.45) is -0.757. The Morgan fingerprint density at radius 3 is 2.14 bits per heavy atom. The molecule has 0 aliphatic heterocycles. The van der Waals surface area contributed by atoms with E-state index in [1.165, 1.54) is 36.2 Å². The highest BCUT2D eigenvalue weighted by Gasteiger charge is 2.18. The van der Waals surface area contributed by atoms with Crippen LogP contribution in [-0.4, -0.2) is 45.2 Å². The number of halogens is 1. The molecule has 0 N–H and O–H groups in total. The van der Waals surface area contributed by atoms with Crippen molar-refractivity contribution in [3.05, 3.63) is 84.2 Å². The third-order valence-electron chi connectivity index (χ3n) is 4.95. The van der Waals surface area contributed by atoms with Crippen molar-refractivity contribution in [3.63, 3.8) is 0 Å². The van der Waals surface area contributed by atoms with Gasteiger partial charge in [-0.2, -0.15) is 4.80 Å². The number of nitrogens with zero attached hydrogens (tertiary/aromatic N) is 4. The van der Waals surface area contributed by atoms with Crippen LogP contribution in [0, 0.1) is 5.82 Å². The molecule has 178 valence electrons. The van der Waals surface area contributed by atoms with Gasteiger partial charge >= 0.3 is 5.97 Å². The van der Waals surface area contributed by atoms with E-state index in [4.69, 9.17) is 9.47 Å². The maximum atomic E-state index is 13.0. The molecule has 3 aromatic carbocycles. The van der Waals surface area contributed by atoms with Crippen LogP contribution in [0.15, 0.2) is 72.8 Å². The molecule has 0 spiro atoms. The fourth-order valence-electron chi connectivity index (χ4n) is 3.06. The van der Waals surface area contributed by atoms with Crippen molar-refractivity contribution in [1.29, 1.82) is 0 Å². The summed E-state index contributed by atoms with van der Waals surface area (Å²) in [5, 5.41) is 12.1. The highest BCUT2D eigenvalue weighted by Crippen LogP contribution is 2.24. The molecule has 4 rings (SSSR count). The number of esters is 1. The molecule has 1 heterocycles. The number of ketones is 1. The maximum Gasteiger partial charge on any atom is 0.337 e. The normalized spacial score (nSPS) is 11.5.